The van der Waals surface area contributed by atoms with Crippen LogP contribution < -0.4 is 10.9 Å². The van der Waals surface area contributed by atoms with Gasteiger partial charge in [-0.15, -0.1) is 0 Å². The molecular weight excluding hydrogens is 274 g/mol. The zero-order valence-electron chi connectivity index (χ0n) is 12.9. The van der Waals surface area contributed by atoms with Crippen molar-refractivity contribution in [1.29, 1.82) is 0 Å². The highest BCUT2D eigenvalue weighted by Gasteiger charge is 2.21. The summed E-state index contributed by atoms with van der Waals surface area (Å²) < 4.78 is 6.43. The number of hydrogen-bond acceptors (Lipinski definition) is 5. The Hall–Kier alpha value is -1.89. The Morgan fingerprint density at radius 2 is 2.19 bits per heavy atom. The predicted molar refractivity (Wildman–Crippen MR) is 79.6 cm³/mol. The molecule has 0 aliphatic heterocycles. The van der Waals surface area contributed by atoms with E-state index in [1.165, 1.54) is 10.8 Å². The van der Waals surface area contributed by atoms with Gasteiger partial charge in [0.2, 0.25) is 0 Å². The van der Waals surface area contributed by atoms with Crippen molar-refractivity contribution in [3.05, 3.63) is 22.7 Å². The molecule has 21 heavy (non-hydrogen) atoms. The van der Waals surface area contributed by atoms with E-state index in [2.05, 4.69) is 10.3 Å². The van der Waals surface area contributed by atoms with Gasteiger partial charge >= 0.3 is 5.97 Å². The van der Waals surface area contributed by atoms with Crippen molar-refractivity contribution in [3.8, 4) is 0 Å². The fourth-order valence-electron chi connectivity index (χ4n) is 1.89. The van der Waals surface area contributed by atoms with E-state index >= 15 is 0 Å². The molecular formula is C14H23N3O4. The first-order valence-electron chi connectivity index (χ1n) is 6.83. The monoisotopic (exact) mass is 297 g/mol. The van der Waals surface area contributed by atoms with Crippen LogP contribution in [-0.2, 0) is 15.1 Å². The van der Waals surface area contributed by atoms with E-state index in [0.717, 1.165) is 0 Å². The summed E-state index contributed by atoms with van der Waals surface area (Å²) in [5, 5.41) is 11.9. The van der Waals surface area contributed by atoms with Crippen LogP contribution in [0.4, 0.5) is 5.82 Å². The lowest BCUT2D eigenvalue weighted by molar-refractivity contribution is -0.138. The number of carboxylic acids is 1. The zero-order chi connectivity index (χ0) is 16.0. The number of ether oxygens (including phenoxy) is 1. The molecule has 2 N–H and O–H groups in total. The van der Waals surface area contributed by atoms with Crippen LogP contribution in [0.15, 0.2) is 17.2 Å². The maximum atomic E-state index is 12.3. The van der Waals surface area contributed by atoms with Gasteiger partial charge in [-0.2, -0.15) is 0 Å². The lowest BCUT2D eigenvalue weighted by atomic mass is 10.1. The minimum Gasteiger partial charge on any atom is -0.480 e. The molecule has 0 bridgehead atoms. The molecule has 1 aromatic heterocycles. The van der Waals surface area contributed by atoms with Crippen LogP contribution in [0.5, 0.6) is 0 Å². The minimum absolute atomic E-state index is 0.0530. The highest BCUT2D eigenvalue weighted by molar-refractivity contribution is 5.76. The highest BCUT2D eigenvalue weighted by atomic mass is 16.5. The Kier molecular flexibility index (Phi) is 5.90. The molecule has 0 radical (unpaired) electrons. The number of aliphatic carboxylic acids is 1. The van der Waals surface area contributed by atoms with Crippen molar-refractivity contribution in [1.82, 2.24) is 9.55 Å². The van der Waals surface area contributed by atoms with Gasteiger partial charge in [-0.05, 0) is 33.6 Å². The summed E-state index contributed by atoms with van der Waals surface area (Å²) in [4.78, 5) is 27.5. The Bertz CT molecular complexity index is 534. The van der Waals surface area contributed by atoms with E-state index in [1.54, 1.807) is 13.3 Å². The molecule has 0 amide bonds. The van der Waals surface area contributed by atoms with Gasteiger partial charge in [-0.3, -0.25) is 4.79 Å². The Morgan fingerprint density at radius 3 is 2.71 bits per heavy atom. The third kappa shape index (κ3) is 4.86. The van der Waals surface area contributed by atoms with Crippen LogP contribution in [-0.4, -0.2) is 40.4 Å². The largest absolute Gasteiger partial charge is 0.480 e. The van der Waals surface area contributed by atoms with E-state index in [1.807, 2.05) is 20.8 Å². The predicted octanol–water partition coefficient (Wildman–Crippen LogP) is 1.29. The van der Waals surface area contributed by atoms with Gasteiger partial charge in [0.15, 0.2) is 5.82 Å². The number of methoxy groups -OCH3 is 1. The van der Waals surface area contributed by atoms with Gasteiger partial charge in [0, 0.05) is 31.6 Å². The molecule has 0 aliphatic rings. The molecule has 118 valence electrons. The molecule has 7 heteroatoms. The fraction of sp³-hybridized carbons (Fsp3) is 0.643. The number of rotatable bonds is 7. The molecule has 0 aromatic carbocycles. The van der Waals surface area contributed by atoms with Crippen LogP contribution in [0.3, 0.4) is 0 Å². The van der Waals surface area contributed by atoms with E-state index in [9.17, 15) is 14.7 Å². The molecule has 0 saturated heterocycles. The summed E-state index contributed by atoms with van der Waals surface area (Å²) >= 11 is 0. The number of carbonyl (C=O) groups is 1. The maximum Gasteiger partial charge on any atom is 0.326 e. The van der Waals surface area contributed by atoms with Crippen LogP contribution >= 0.6 is 0 Å². The maximum absolute atomic E-state index is 12.3. The van der Waals surface area contributed by atoms with Crippen LogP contribution in [0.1, 0.15) is 33.6 Å². The van der Waals surface area contributed by atoms with E-state index < -0.39 is 17.6 Å². The van der Waals surface area contributed by atoms with Crippen molar-refractivity contribution in [2.75, 3.05) is 19.0 Å². The number of hydrogen-bond donors (Lipinski definition) is 2. The lowest BCUT2D eigenvalue weighted by Gasteiger charge is -2.23. The third-order valence-corrected chi connectivity index (χ3v) is 3.01. The second-order valence-electron chi connectivity index (χ2n) is 5.79. The molecule has 1 heterocycles. The van der Waals surface area contributed by atoms with Gasteiger partial charge < -0.3 is 19.7 Å². The molecule has 1 rings (SSSR count). The average molecular weight is 297 g/mol. The van der Waals surface area contributed by atoms with Gasteiger partial charge in [-0.25, -0.2) is 9.78 Å². The van der Waals surface area contributed by atoms with Crippen LogP contribution in [0.25, 0.3) is 0 Å². The molecule has 1 aromatic rings. The second kappa shape index (κ2) is 7.21. The number of nitrogens with one attached hydrogen (secondary N) is 1. The normalized spacial score (nSPS) is 13.0. The first-order chi connectivity index (χ1) is 9.77. The number of aromatic nitrogens is 2. The molecule has 0 spiro atoms. The Labute approximate surface area is 124 Å². The molecule has 1 unspecified atom stereocenters. The summed E-state index contributed by atoms with van der Waals surface area (Å²) in [7, 11) is 1.56. The summed E-state index contributed by atoms with van der Waals surface area (Å²) in [6.07, 6.45) is 4.02. The highest BCUT2D eigenvalue weighted by Crippen LogP contribution is 2.11. The first-order valence-corrected chi connectivity index (χ1v) is 6.83. The van der Waals surface area contributed by atoms with Crippen LogP contribution in [0, 0.1) is 0 Å². The Balaban J connectivity index is 2.95. The first kappa shape index (κ1) is 17.2. The molecule has 0 fully saturated rings. The van der Waals surface area contributed by atoms with Crippen molar-refractivity contribution < 1.29 is 14.6 Å². The molecule has 7 nitrogen and oxygen atoms in total. The zero-order valence-corrected chi connectivity index (χ0v) is 12.9. The van der Waals surface area contributed by atoms with Gasteiger partial charge in [0.1, 0.15) is 6.04 Å². The number of carboxylic acid groups (broad SMARTS) is 1. The number of nitrogens with zero attached hydrogens (tertiary/aromatic N) is 2. The molecule has 0 aliphatic carbocycles. The number of anilines is 1. The summed E-state index contributed by atoms with van der Waals surface area (Å²) in [5.74, 6) is -0.962. The summed E-state index contributed by atoms with van der Waals surface area (Å²) in [5.41, 5.74) is -0.728. The molecule has 1 atom stereocenters. The van der Waals surface area contributed by atoms with E-state index in [0.29, 0.717) is 19.4 Å². The summed E-state index contributed by atoms with van der Waals surface area (Å²) in [6.45, 7) is 6.15. The topological polar surface area (TPSA) is 93.5 Å². The lowest BCUT2D eigenvalue weighted by Crippen LogP contribution is -2.38. The quantitative estimate of drug-likeness (QED) is 0.737. The Morgan fingerprint density at radius 1 is 1.52 bits per heavy atom. The minimum atomic E-state index is -1.02. The second-order valence-corrected chi connectivity index (χ2v) is 5.79. The van der Waals surface area contributed by atoms with E-state index in [4.69, 9.17) is 4.74 Å². The smallest absolute Gasteiger partial charge is 0.326 e. The fourth-order valence-corrected chi connectivity index (χ4v) is 1.89. The van der Waals surface area contributed by atoms with Gasteiger partial charge in [0.05, 0.1) is 0 Å². The van der Waals surface area contributed by atoms with Crippen molar-refractivity contribution in [2.45, 2.75) is 45.2 Å². The standard InChI is InChI=1S/C14H23N3O4/c1-14(2,3)17-8-7-15-11(12(17)18)16-10(13(19)20)6-5-9-21-4/h7-8,10H,5-6,9H2,1-4H3,(H,15,16)(H,19,20). The summed E-state index contributed by atoms with van der Waals surface area (Å²) in [6, 6.07) is -0.865. The average Bonchev–Trinajstić information content (AvgIpc) is 2.38. The van der Waals surface area contributed by atoms with Crippen LogP contribution in [0.2, 0.25) is 0 Å². The van der Waals surface area contributed by atoms with E-state index in [-0.39, 0.29) is 11.4 Å². The van der Waals surface area contributed by atoms with Crippen molar-refractivity contribution >= 4 is 11.8 Å². The van der Waals surface area contributed by atoms with Crippen molar-refractivity contribution in [3.63, 3.8) is 0 Å². The third-order valence-electron chi connectivity index (χ3n) is 3.01. The van der Waals surface area contributed by atoms with Gasteiger partial charge in [0.25, 0.3) is 5.56 Å². The van der Waals surface area contributed by atoms with Gasteiger partial charge in [-0.1, -0.05) is 0 Å². The van der Waals surface area contributed by atoms with Crippen molar-refractivity contribution in [2.24, 2.45) is 0 Å². The SMILES string of the molecule is COCCCC(Nc1nccn(C(C)(C)C)c1=O)C(=O)O. The molecule has 0 saturated carbocycles.